The number of fused-ring (bicyclic) bond motifs is 5. The number of nitrogens with two attached hydrogens (primary N) is 1. The van der Waals surface area contributed by atoms with Crippen molar-refractivity contribution in [1.82, 2.24) is 34.3 Å². The van der Waals surface area contributed by atoms with Gasteiger partial charge in [-0.3, -0.25) is 9.59 Å². The molecule has 3 aliphatic carbocycles. The maximum atomic E-state index is 13.8. The molecular weight excluding hydrogens is 564 g/mol. The number of pyridine rings is 2. The highest BCUT2D eigenvalue weighted by Gasteiger charge is 2.43. The van der Waals surface area contributed by atoms with Gasteiger partial charge in [0.15, 0.2) is 11.5 Å². The molecule has 4 aromatic rings. The lowest BCUT2D eigenvalue weighted by atomic mass is 9.94. The predicted molar refractivity (Wildman–Crippen MR) is 171 cm³/mol. The Labute approximate surface area is 262 Å². The van der Waals surface area contributed by atoms with Gasteiger partial charge in [-0.05, 0) is 94.4 Å². The second-order valence-corrected chi connectivity index (χ2v) is 14.5. The van der Waals surface area contributed by atoms with Crippen LogP contribution in [0.5, 0.6) is 0 Å². The maximum absolute atomic E-state index is 13.8. The summed E-state index contributed by atoms with van der Waals surface area (Å²) in [5.74, 6) is 2.32. The van der Waals surface area contributed by atoms with Crippen LogP contribution in [0, 0.1) is 17.8 Å². The first-order valence-corrected chi connectivity index (χ1v) is 17.2. The van der Waals surface area contributed by atoms with Crippen LogP contribution >= 0.6 is 0 Å². The summed E-state index contributed by atoms with van der Waals surface area (Å²) in [6, 6.07) is 8.84. The van der Waals surface area contributed by atoms with Crippen LogP contribution in [0.3, 0.4) is 0 Å². The molecule has 4 fully saturated rings. The summed E-state index contributed by atoms with van der Waals surface area (Å²) in [6.07, 6.45) is 12.5. The van der Waals surface area contributed by atoms with Crippen molar-refractivity contribution in [2.45, 2.75) is 102 Å². The van der Waals surface area contributed by atoms with Crippen molar-refractivity contribution in [2.75, 3.05) is 6.54 Å². The molecule has 5 aliphatic rings. The molecule has 0 spiro atoms. The zero-order chi connectivity index (χ0) is 30.4. The second-order valence-electron chi connectivity index (χ2n) is 14.5. The molecule has 3 saturated carbocycles. The van der Waals surface area contributed by atoms with Crippen LogP contribution in [0.2, 0.25) is 0 Å². The van der Waals surface area contributed by atoms with Crippen LogP contribution in [0.1, 0.15) is 99.3 Å². The maximum Gasteiger partial charge on any atom is 0.255 e. The van der Waals surface area contributed by atoms with Crippen LogP contribution in [0.15, 0.2) is 30.5 Å². The molecule has 10 heteroatoms. The van der Waals surface area contributed by atoms with Crippen LogP contribution < -0.4 is 11.1 Å². The number of aryl methyl sites for hydroxylation is 1. The second kappa shape index (κ2) is 10.4. The Morgan fingerprint density at radius 3 is 2.69 bits per heavy atom. The fraction of sp³-hybridized carbons (Fsp3) is 0.571. The molecule has 0 unspecified atom stereocenters. The SMILES string of the molecule is C[C@H]1NC(=O)[C@@H]2C[C@H]2CCCCCn2c(-c3nc4cc(C(=O)N5C[C@H](N)[C@@H]6CC[C@H]5C6)cnc4n3C3CC3)cc3ccc1nc32. The molecule has 4 aromatic heterocycles. The van der Waals surface area contributed by atoms with E-state index in [1.54, 1.807) is 6.20 Å². The van der Waals surface area contributed by atoms with E-state index in [0.717, 1.165) is 110 Å². The quantitative estimate of drug-likeness (QED) is 0.334. The van der Waals surface area contributed by atoms with Crippen molar-refractivity contribution in [1.29, 1.82) is 0 Å². The van der Waals surface area contributed by atoms with Gasteiger partial charge in [-0.15, -0.1) is 0 Å². The first kappa shape index (κ1) is 27.5. The molecule has 6 heterocycles. The number of rotatable bonds is 3. The average Bonchev–Trinajstić information content (AvgIpc) is 3.92. The van der Waals surface area contributed by atoms with Crippen molar-refractivity contribution >= 4 is 34.0 Å². The minimum absolute atomic E-state index is 0.0189. The third-order valence-corrected chi connectivity index (χ3v) is 11.4. The van der Waals surface area contributed by atoms with E-state index in [1.807, 2.05) is 24.0 Å². The van der Waals surface area contributed by atoms with Gasteiger partial charge in [0.2, 0.25) is 5.91 Å². The zero-order valence-corrected chi connectivity index (χ0v) is 26.0. The molecule has 6 atom stereocenters. The molecule has 3 N–H and O–H groups in total. The number of carbonyl (C=O) groups excluding carboxylic acids is 2. The average molecular weight is 607 g/mol. The number of hydrogen-bond donors (Lipinski definition) is 2. The Morgan fingerprint density at radius 1 is 0.956 bits per heavy atom. The summed E-state index contributed by atoms with van der Waals surface area (Å²) < 4.78 is 4.62. The lowest BCUT2D eigenvalue weighted by Gasteiger charge is -2.37. The van der Waals surface area contributed by atoms with Gasteiger partial charge < -0.3 is 25.1 Å². The Bertz CT molecular complexity index is 1840. The van der Waals surface area contributed by atoms with E-state index < -0.39 is 0 Å². The molecular formula is C35H42N8O2. The largest absolute Gasteiger partial charge is 0.348 e. The van der Waals surface area contributed by atoms with Gasteiger partial charge in [0.1, 0.15) is 11.2 Å². The van der Waals surface area contributed by atoms with Gasteiger partial charge in [0.25, 0.3) is 5.91 Å². The number of piperidine rings is 1. The van der Waals surface area contributed by atoms with E-state index in [9.17, 15) is 9.59 Å². The summed E-state index contributed by atoms with van der Waals surface area (Å²) in [6.45, 7) is 3.50. The number of amides is 2. The monoisotopic (exact) mass is 606 g/mol. The van der Waals surface area contributed by atoms with Crippen molar-refractivity contribution in [3.63, 3.8) is 0 Å². The highest BCUT2D eigenvalue weighted by molar-refractivity contribution is 5.97. The number of imidazole rings is 1. The van der Waals surface area contributed by atoms with Crippen LogP contribution in [0.25, 0.3) is 33.7 Å². The first-order chi connectivity index (χ1) is 21.9. The van der Waals surface area contributed by atoms with E-state index in [4.69, 9.17) is 20.7 Å². The van der Waals surface area contributed by atoms with Crippen LogP contribution in [0.4, 0.5) is 0 Å². The number of nitrogens with zero attached hydrogens (tertiary/aromatic N) is 6. The van der Waals surface area contributed by atoms with Crippen molar-refractivity contribution in [2.24, 2.45) is 23.5 Å². The fourth-order valence-corrected chi connectivity index (χ4v) is 8.49. The highest BCUT2D eigenvalue weighted by atomic mass is 16.2. The molecule has 2 amide bonds. The number of hydrogen-bond acceptors (Lipinski definition) is 6. The number of carbonyl (C=O) groups is 2. The smallest absolute Gasteiger partial charge is 0.255 e. The minimum Gasteiger partial charge on any atom is -0.348 e. The number of likely N-dealkylation sites (tertiary alicyclic amines) is 1. The summed E-state index contributed by atoms with van der Waals surface area (Å²) in [5, 5.41) is 4.30. The topological polar surface area (TPSA) is 124 Å². The van der Waals surface area contributed by atoms with Crippen molar-refractivity contribution in [3.05, 3.63) is 41.7 Å². The highest BCUT2D eigenvalue weighted by Crippen LogP contribution is 2.44. The zero-order valence-electron chi connectivity index (χ0n) is 26.0. The Morgan fingerprint density at radius 2 is 1.82 bits per heavy atom. The molecule has 0 aromatic carbocycles. The summed E-state index contributed by atoms with van der Waals surface area (Å²) in [4.78, 5) is 43.9. The molecule has 234 valence electrons. The Balaban J connectivity index is 1.11. The molecule has 1 saturated heterocycles. The van der Waals surface area contributed by atoms with E-state index in [0.29, 0.717) is 30.0 Å². The van der Waals surface area contributed by atoms with E-state index in [1.165, 1.54) is 0 Å². The van der Waals surface area contributed by atoms with Gasteiger partial charge in [-0.2, -0.15) is 0 Å². The predicted octanol–water partition coefficient (Wildman–Crippen LogP) is 5.12. The van der Waals surface area contributed by atoms with E-state index in [2.05, 4.69) is 26.6 Å². The van der Waals surface area contributed by atoms with Crippen molar-refractivity contribution in [3.8, 4) is 11.5 Å². The van der Waals surface area contributed by atoms with Crippen molar-refractivity contribution < 1.29 is 9.59 Å². The standard InChI is InChI=1S/C35H42N8O2/c1-19-28-11-7-22-16-30(41(31(22)39-28)12-4-2-3-5-20-14-26(20)34(44)38-19)33-40-29-15-23(17-37-32(29)43(33)24-9-10-24)35(45)42-18-27(36)21-6-8-25(42)13-21/h7,11,15-17,19-21,24-27H,2-6,8-10,12-14,18,36H2,1H3,(H,38,44)/t19-,20-,21-,25+,26-,27+/m1/s1. The van der Waals surface area contributed by atoms with Gasteiger partial charge in [-0.1, -0.05) is 12.8 Å². The molecule has 0 radical (unpaired) electrons. The Hall–Kier alpha value is -3.79. The van der Waals surface area contributed by atoms with Crippen LogP contribution in [-0.4, -0.2) is 59.4 Å². The van der Waals surface area contributed by atoms with Crippen LogP contribution in [-0.2, 0) is 11.3 Å². The normalized spacial score (nSPS) is 30.0. The van der Waals surface area contributed by atoms with Gasteiger partial charge in [0.05, 0.1) is 23.0 Å². The number of nitrogens with one attached hydrogen (secondary N) is 1. The first-order valence-electron chi connectivity index (χ1n) is 17.2. The Kier molecular flexibility index (Phi) is 6.34. The van der Waals surface area contributed by atoms with Gasteiger partial charge in [0, 0.05) is 48.7 Å². The fourth-order valence-electron chi connectivity index (χ4n) is 8.49. The third-order valence-electron chi connectivity index (χ3n) is 11.4. The molecule has 9 rings (SSSR count). The van der Waals surface area contributed by atoms with Gasteiger partial charge >= 0.3 is 0 Å². The summed E-state index contributed by atoms with van der Waals surface area (Å²) >= 11 is 0. The van der Waals surface area contributed by atoms with Gasteiger partial charge in [-0.25, -0.2) is 15.0 Å². The summed E-state index contributed by atoms with van der Waals surface area (Å²) in [5.41, 5.74) is 11.5. The van der Waals surface area contributed by atoms with E-state index in [-0.39, 0.29) is 35.9 Å². The molecule has 10 nitrogen and oxygen atoms in total. The van der Waals surface area contributed by atoms with E-state index >= 15 is 0 Å². The lowest BCUT2D eigenvalue weighted by Crippen LogP contribution is -2.51. The molecule has 45 heavy (non-hydrogen) atoms. The molecule has 2 aliphatic heterocycles. The molecule has 4 bridgehead atoms. The third kappa shape index (κ3) is 4.66. The number of aromatic nitrogens is 5. The minimum atomic E-state index is -0.154. The summed E-state index contributed by atoms with van der Waals surface area (Å²) in [7, 11) is 0. The lowest BCUT2D eigenvalue weighted by molar-refractivity contribution is -0.123.